The summed E-state index contributed by atoms with van der Waals surface area (Å²) in [7, 11) is 0. The Labute approximate surface area is 123 Å². The molecule has 0 amide bonds. The van der Waals surface area contributed by atoms with Gasteiger partial charge in [-0.3, -0.25) is 9.69 Å². The molecule has 4 heteroatoms. The van der Waals surface area contributed by atoms with Gasteiger partial charge >= 0.3 is 5.97 Å². The van der Waals surface area contributed by atoms with Gasteiger partial charge in [0, 0.05) is 19.7 Å². The summed E-state index contributed by atoms with van der Waals surface area (Å²) in [5.74, 6) is -0.149. The predicted octanol–water partition coefficient (Wildman–Crippen LogP) is 2.78. The number of likely N-dealkylation sites (tertiary alicyclic amines) is 1. The van der Waals surface area contributed by atoms with Gasteiger partial charge in [-0.2, -0.15) is 0 Å². The summed E-state index contributed by atoms with van der Waals surface area (Å²) in [6.07, 6.45) is 6.48. The SMILES string of the molecule is C=CCCCCO[C@@H]1CCN(CC(=O)OC(C)(C)C)C1. The number of esters is 1. The van der Waals surface area contributed by atoms with Crippen molar-refractivity contribution >= 4 is 5.97 Å². The van der Waals surface area contributed by atoms with Crippen LogP contribution in [0.25, 0.3) is 0 Å². The van der Waals surface area contributed by atoms with Crippen molar-refractivity contribution in [3.8, 4) is 0 Å². The normalized spacial score (nSPS) is 20.1. The molecule has 0 N–H and O–H groups in total. The number of carbonyl (C=O) groups excluding carboxylic acids is 1. The molecule has 1 heterocycles. The predicted molar refractivity (Wildman–Crippen MR) is 80.7 cm³/mol. The number of unbranched alkanes of at least 4 members (excludes halogenated alkanes) is 2. The second kappa shape index (κ2) is 8.42. The molecule has 20 heavy (non-hydrogen) atoms. The van der Waals surface area contributed by atoms with E-state index in [1.54, 1.807) is 0 Å². The third-order valence-electron chi connectivity index (χ3n) is 3.16. The summed E-state index contributed by atoms with van der Waals surface area (Å²) >= 11 is 0. The molecule has 1 aliphatic heterocycles. The van der Waals surface area contributed by atoms with E-state index in [2.05, 4.69) is 11.5 Å². The standard InChI is InChI=1S/C16H29NO3/c1-5-6-7-8-11-19-14-9-10-17(12-14)13-15(18)20-16(2,3)4/h5,14H,1,6-13H2,2-4H3/t14-/m1/s1. The number of rotatable bonds is 8. The molecule has 0 aliphatic carbocycles. The maximum atomic E-state index is 11.7. The van der Waals surface area contributed by atoms with E-state index >= 15 is 0 Å². The lowest BCUT2D eigenvalue weighted by Gasteiger charge is -2.22. The quantitative estimate of drug-likeness (QED) is 0.390. The molecule has 1 atom stereocenters. The number of nitrogens with zero attached hydrogens (tertiary/aromatic N) is 1. The van der Waals surface area contributed by atoms with E-state index in [0.29, 0.717) is 6.54 Å². The zero-order valence-corrected chi connectivity index (χ0v) is 13.2. The van der Waals surface area contributed by atoms with Gasteiger partial charge in [0.05, 0.1) is 12.6 Å². The number of hydrogen-bond donors (Lipinski definition) is 0. The van der Waals surface area contributed by atoms with Gasteiger partial charge in [0.2, 0.25) is 0 Å². The Morgan fingerprint density at radius 3 is 2.80 bits per heavy atom. The van der Waals surface area contributed by atoms with Crippen LogP contribution in [-0.4, -0.2) is 48.8 Å². The molecule has 1 fully saturated rings. The molecule has 0 radical (unpaired) electrons. The molecule has 0 aromatic carbocycles. The van der Waals surface area contributed by atoms with Crippen molar-refractivity contribution in [1.82, 2.24) is 4.90 Å². The van der Waals surface area contributed by atoms with Crippen molar-refractivity contribution in [2.24, 2.45) is 0 Å². The maximum Gasteiger partial charge on any atom is 0.320 e. The highest BCUT2D eigenvalue weighted by Crippen LogP contribution is 2.14. The van der Waals surface area contributed by atoms with Gasteiger partial charge in [0.1, 0.15) is 5.60 Å². The lowest BCUT2D eigenvalue weighted by atomic mass is 10.2. The molecule has 0 spiro atoms. The molecule has 0 saturated carbocycles. The van der Waals surface area contributed by atoms with Crippen molar-refractivity contribution < 1.29 is 14.3 Å². The molecular formula is C16H29NO3. The molecule has 1 saturated heterocycles. The largest absolute Gasteiger partial charge is 0.459 e. The van der Waals surface area contributed by atoms with Crippen LogP contribution in [0.15, 0.2) is 12.7 Å². The van der Waals surface area contributed by atoms with Crippen LogP contribution in [0.1, 0.15) is 46.5 Å². The molecular weight excluding hydrogens is 254 g/mol. The van der Waals surface area contributed by atoms with Crippen LogP contribution >= 0.6 is 0 Å². The molecule has 0 bridgehead atoms. The second-order valence-corrected chi connectivity index (χ2v) is 6.39. The Morgan fingerprint density at radius 2 is 2.15 bits per heavy atom. The van der Waals surface area contributed by atoms with Crippen molar-refractivity contribution in [2.75, 3.05) is 26.2 Å². The number of ether oxygens (including phenoxy) is 2. The van der Waals surface area contributed by atoms with Crippen molar-refractivity contribution in [3.05, 3.63) is 12.7 Å². The highest BCUT2D eigenvalue weighted by Gasteiger charge is 2.26. The molecule has 116 valence electrons. The van der Waals surface area contributed by atoms with Gasteiger partial charge in [-0.1, -0.05) is 6.08 Å². The first-order valence-electron chi connectivity index (χ1n) is 7.57. The van der Waals surface area contributed by atoms with Crippen LogP contribution in [0, 0.1) is 0 Å². The Kier molecular flexibility index (Phi) is 7.24. The zero-order valence-electron chi connectivity index (χ0n) is 13.2. The first-order chi connectivity index (χ1) is 9.40. The minimum Gasteiger partial charge on any atom is -0.459 e. The first kappa shape index (κ1) is 17.2. The van der Waals surface area contributed by atoms with Gasteiger partial charge in [-0.15, -0.1) is 6.58 Å². The lowest BCUT2D eigenvalue weighted by Crippen LogP contribution is -2.34. The van der Waals surface area contributed by atoms with E-state index in [0.717, 1.165) is 45.4 Å². The molecule has 0 aromatic heterocycles. The van der Waals surface area contributed by atoms with E-state index in [-0.39, 0.29) is 12.1 Å². The van der Waals surface area contributed by atoms with E-state index in [1.165, 1.54) is 0 Å². The fourth-order valence-electron chi connectivity index (χ4n) is 2.27. The Hall–Kier alpha value is -0.870. The molecule has 0 unspecified atom stereocenters. The summed E-state index contributed by atoms with van der Waals surface area (Å²) in [6, 6.07) is 0. The van der Waals surface area contributed by atoms with E-state index in [1.807, 2.05) is 26.8 Å². The molecule has 0 aromatic rings. The number of carbonyl (C=O) groups is 1. The highest BCUT2D eigenvalue weighted by molar-refractivity contribution is 5.72. The average Bonchev–Trinajstić information content (AvgIpc) is 2.74. The summed E-state index contributed by atoms with van der Waals surface area (Å²) in [5.41, 5.74) is -0.405. The Morgan fingerprint density at radius 1 is 1.40 bits per heavy atom. The minimum atomic E-state index is -0.405. The summed E-state index contributed by atoms with van der Waals surface area (Å²) in [6.45, 7) is 12.3. The zero-order chi connectivity index (χ0) is 15.0. The highest BCUT2D eigenvalue weighted by atomic mass is 16.6. The molecule has 1 aliphatic rings. The van der Waals surface area contributed by atoms with Crippen LogP contribution in [0.4, 0.5) is 0 Å². The van der Waals surface area contributed by atoms with Gasteiger partial charge in [-0.25, -0.2) is 0 Å². The molecule has 4 nitrogen and oxygen atoms in total. The van der Waals surface area contributed by atoms with Gasteiger partial charge in [0.15, 0.2) is 0 Å². The Balaban J connectivity index is 2.13. The van der Waals surface area contributed by atoms with Crippen LogP contribution in [0.3, 0.4) is 0 Å². The van der Waals surface area contributed by atoms with Gasteiger partial charge in [0.25, 0.3) is 0 Å². The number of hydrogen-bond acceptors (Lipinski definition) is 4. The first-order valence-corrected chi connectivity index (χ1v) is 7.57. The van der Waals surface area contributed by atoms with Crippen molar-refractivity contribution in [2.45, 2.75) is 58.2 Å². The fraction of sp³-hybridized carbons (Fsp3) is 0.812. The van der Waals surface area contributed by atoms with Crippen molar-refractivity contribution in [1.29, 1.82) is 0 Å². The summed E-state index contributed by atoms with van der Waals surface area (Å²) in [5, 5.41) is 0. The van der Waals surface area contributed by atoms with E-state index in [9.17, 15) is 4.79 Å². The van der Waals surface area contributed by atoms with Crippen LogP contribution < -0.4 is 0 Å². The maximum absolute atomic E-state index is 11.7. The third-order valence-corrected chi connectivity index (χ3v) is 3.16. The summed E-state index contributed by atoms with van der Waals surface area (Å²) in [4.78, 5) is 13.9. The van der Waals surface area contributed by atoms with Crippen LogP contribution in [0.5, 0.6) is 0 Å². The second-order valence-electron chi connectivity index (χ2n) is 6.39. The van der Waals surface area contributed by atoms with Crippen LogP contribution in [0.2, 0.25) is 0 Å². The molecule has 1 rings (SSSR count). The topological polar surface area (TPSA) is 38.8 Å². The minimum absolute atomic E-state index is 0.149. The number of allylic oxidation sites excluding steroid dienone is 1. The van der Waals surface area contributed by atoms with E-state index in [4.69, 9.17) is 9.47 Å². The monoisotopic (exact) mass is 283 g/mol. The average molecular weight is 283 g/mol. The van der Waals surface area contributed by atoms with E-state index < -0.39 is 5.60 Å². The Bertz CT molecular complexity index is 309. The van der Waals surface area contributed by atoms with Crippen LogP contribution in [-0.2, 0) is 14.3 Å². The van der Waals surface area contributed by atoms with Crippen molar-refractivity contribution in [3.63, 3.8) is 0 Å². The third kappa shape index (κ3) is 7.65. The smallest absolute Gasteiger partial charge is 0.320 e. The fourth-order valence-corrected chi connectivity index (χ4v) is 2.27. The lowest BCUT2D eigenvalue weighted by molar-refractivity contribution is -0.155. The summed E-state index contributed by atoms with van der Waals surface area (Å²) < 4.78 is 11.2. The van der Waals surface area contributed by atoms with Gasteiger partial charge < -0.3 is 9.47 Å². The van der Waals surface area contributed by atoms with Gasteiger partial charge in [-0.05, 0) is 46.5 Å².